The molecule has 0 spiro atoms. The molecule has 7 nitrogen and oxygen atoms in total. The summed E-state index contributed by atoms with van der Waals surface area (Å²) >= 11 is 2.79. The third kappa shape index (κ3) is 5.06. The van der Waals surface area contributed by atoms with Gasteiger partial charge in [-0.3, -0.25) is 4.79 Å². The third-order valence-electron chi connectivity index (χ3n) is 3.44. The molecular formula is C17H18N4O3S2. The Labute approximate surface area is 159 Å². The van der Waals surface area contributed by atoms with Crippen molar-refractivity contribution in [2.75, 3.05) is 12.9 Å². The van der Waals surface area contributed by atoms with Gasteiger partial charge >= 0.3 is 0 Å². The molecule has 0 radical (unpaired) electrons. The van der Waals surface area contributed by atoms with Crippen LogP contribution in [0.4, 0.5) is 0 Å². The van der Waals surface area contributed by atoms with Gasteiger partial charge in [-0.15, -0.1) is 21.5 Å². The highest BCUT2D eigenvalue weighted by molar-refractivity contribution is 7.99. The van der Waals surface area contributed by atoms with E-state index >= 15 is 0 Å². The van der Waals surface area contributed by atoms with Gasteiger partial charge in [-0.1, -0.05) is 30.0 Å². The maximum atomic E-state index is 12.0. The zero-order valence-corrected chi connectivity index (χ0v) is 16.0. The van der Waals surface area contributed by atoms with Crippen LogP contribution in [0.3, 0.4) is 0 Å². The largest absolute Gasteiger partial charge is 0.496 e. The number of methoxy groups -OCH3 is 1. The van der Waals surface area contributed by atoms with Gasteiger partial charge in [-0.2, -0.15) is 0 Å². The number of thiazole rings is 1. The number of ether oxygens (including phenoxy) is 1. The van der Waals surface area contributed by atoms with E-state index in [2.05, 4.69) is 20.5 Å². The fourth-order valence-corrected chi connectivity index (χ4v) is 3.46. The van der Waals surface area contributed by atoms with E-state index in [1.165, 1.54) is 11.8 Å². The molecule has 0 aliphatic heterocycles. The number of rotatable bonds is 8. The Hall–Kier alpha value is -2.39. The van der Waals surface area contributed by atoms with Gasteiger partial charge in [0.1, 0.15) is 5.75 Å². The van der Waals surface area contributed by atoms with Crippen molar-refractivity contribution in [3.63, 3.8) is 0 Å². The lowest BCUT2D eigenvalue weighted by atomic mass is 10.2. The molecule has 0 unspecified atom stereocenters. The second-order valence-electron chi connectivity index (χ2n) is 5.37. The Morgan fingerprint density at radius 3 is 2.96 bits per heavy atom. The average Bonchev–Trinajstić information content (AvgIpc) is 3.27. The van der Waals surface area contributed by atoms with Crippen molar-refractivity contribution in [2.24, 2.45) is 0 Å². The molecule has 3 rings (SSSR count). The van der Waals surface area contributed by atoms with Crippen molar-refractivity contribution in [3.05, 3.63) is 51.8 Å². The Kier molecular flexibility index (Phi) is 6.24. The van der Waals surface area contributed by atoms with Crippen LogP contribution < -0.4 is 10.1 Å². The highest BCUT2D eigenvalue weighted by atomic mass is 32.2. The molecular weight excluding hydrogens is 372 g/mol. The van der Waals surface area contributed by atoms with E-state index in [4.69, 9.17) is 9.15 Å². The predicted molar refractivity (Wildman–Crippen MR) is 99.5 cm³/mol. The van der Waals surface area contributed by atoms with E-state index in [0.717, 1.165) is 22.0 Å². The van der Waals surface area contributed by atoms with Crippen LogP contribution >= 0.6 is 23.1 Å². The molecule has 0 atom stereocenters. The summed E-state index contributed by atoms with van der Waals surface area (Å²) in [6.45, 7) is 2.36. The number of nitrogens with one attached hydrogen (secondary N) is 1. The highest BCUT2D eigenvalue weighted by Gasteiger charge is 2.12. The van der Waals surface area contributed by atoms with Gasteiger partial charge in [-0.25, -0.2) is 4.98 Å². The quantitative estimate of drug-likeness (QED) is 0.592. The van der Waals surface area contributed by atoms with Crippen molar-refractivity contribution in [1.82, 2.24) is 20.5 Å². The van der Waals surface area contributed by atoms with Crippen LogP contribution in [0.5, 0.6) is 5.75 Å². The van der Waals surface area contributed by atoms with Crippen molar-refractivity contribution in [2.45, 2.75) is 25.1 Å². The number of para-hydroxylation sites is 1. The Morgan fingerprint density at radius 2 is 2.19 bits per heavy atom. The molecule has 3 aromatic rings. The van der Waals surface area contributed by atoms with Crippen LogP contribution in [0.2, 0.25) is 0 Å². The number of aryl methyl sites for hydroxylation is 1. The minimum Gasteiger partial charge on any atom is -0.496 e. The van der Waals surface area contributed by atoms with Crippen LogP contribution in [0.15, 0.2) is 39.3 Å². The van der Waals surface area contributed by atoms with Gasteiger partial charge in [0.05, 0.1) is 30.0 Å². The molecule has 2 aromatic heterocycles. The van der Waals surface area contributed by atoms with Crippen LogP contribution in [0.25, 0.3) is 0 Å². The second-order valence-corrected chi connectivity index (χ2v) is 7.36. The second kappa shape index (κ2) is 8.81. The lowest BCUT2D eigenvalue weighted by Gasteiger charge is -2.08. The molecule has 0 aliphatic carbocycles. The molecule has 136 valence electrons. The first kappa shape index (κ1) is 18.4. The molecule has 0 fully saturated rings. The number of amides is 1. The van der Waals surface area contributed by atoms with E-state index in [1.54, 1.807) is 18.4 Å². The number of benzene rings is 1. The Morgan fingerprint density at radius 1 is 1.35 bits per heavy atom. The molecule has 9 heteroatoms. The molecule has 1 N–H and O–H groups in total. The number of nitrogens with zero attached hydrogens (tertiary/aromatic N) is 3. The fourth-order valence-electron chi connectivity index (χ4n) is 2.23. The summed E-state index contributed by atoms with van der Waals surface area (Å²) < 4.78 is 10.8. The van der Waals surface area contributed by atoms with Gasteiger partial charge in [0.25, 0.3) is 5.22 Å². The van der Waals surface area contributed by atoms with E-state index in [0.29, 0.717) is 24.1 Å². The lowest BCUT2D eigenvalue weighted by molar-refractivity contribution is -0.118. The van der Waals surface area contributed by atoms with Crippen molar-refractivity contribution < 1.29 is 13.9 Å². The molecule has 26 heavy (non-hydrogen) atoms. The smallest absolute Gasteiger partial charge is 0.277 e. The van der Waals surface area contributed by atoms with E-state index in [9.17, 15) is 4.79 Å². The molecule has 0 aliphatic rings. The zero-order valence-electron chi connectivity index (χ0n) is 14.4. The normalized spacial score (nSPS) is 10.7. The summed E-state index contributed by atoms with van der Waals surface area (Å²) in [6, 6.07) is 7.57. The minimum absolute atomic E-state index is 0.115. The number of carbonyl (C=O) groups excluding carboxylic acids is 1. The Bertz CT molecular complexity index is 878. The SMILES string of the molecule is COc1ccccc1CNC(=O)CSc1nnc(Cc2csc(C)n2)o1. The van der Waals surface area contributed by atoms with Gasteiger partial charge in [-0.05, 0) is 13.0 Å². The monoisotopic (exact) mass is 390 g/mol. The lowest BCUT2D eigenvalue weighted by Crippen LogP contribution is -2.24. The maximum Gasteiger partial charge on any atom is 0.277 e. The van der Waals surface area contributed by atoms with Crippen molar-refractivity contribution in [1.29, 1.82) is 0 Å². The first-order valence-electron chi connectivity index (χ1n) is 7.89. The molecule has 2 heterocycles. The first-order chi connectivity index (χ1) is 12.6. The van der Waals surface area contributed by atoms with E-state index in [1.807, 2.05) is 36.6 Å². The molecule has 0 saturated carbocycles. The molecule has 0 saturated heterocycles. The molecule has 1 aromatic carbocycles. The first-order valence-corrected chi connectivity index (χ1v) is 9.75. The fraction of sp³-hybridized carbons (Fsp3) is 0.294. The van der Waals surface area contributed by atoms with Crippen molar-refractivity contribution >= 4 is 29.0 Å². The summed E-state index contributed by atoms with van der Waals surface area (Å²) in [5, 5.41) is 14.2. The van der Waals surface area contributed by atoms with Gasteiger partial charge in [0.15, 0.2) is 0 Å². The zero-order chi connectivity index (χ0) is 18.4. The van der Waals surface area contributed by atoms with Crippen LogP contribution in [-0.4, -0.2) is 34.0 Å². The summed E-state index contributed by atoms with van der Waals surface area (Å²) in [4.78, 5) is 16.4. The van der Waals surface area contributed by atoms with Crippen LogP contribution in [0, 0.1) is 6.92 Å². The van der Waals surface area contributed by atoms with Gasteiger partial charge < -0.3 is 14.5 Å². The molecule has 1 amide bonds. The maximum absolute atomic E-state index is 12.0. The van der Waals surface area contributed by atoms with Crippen LogP contribution in [0.1, 0.15) is 22.2 Å². The van der Waals surface area contributed by atoms with Gasteiger partial charge in [0, 0.05) is 17.5 Å². The average molecular weight is 390 g/mol. The highest BCUT2D eigenvalue weighted by Crippen LogP contribution is 2.19. The Balaban J connectivity index is 1.46. The summed E-state index contributed by atoms with van der Waals surface area (Å²) in [7, 11) is 1.61. The topological polar surface area (TPSA) is 90.1 Å². The van der Waals surface area contributed by atoms with Gasteiger partial charge in [0.2, 0.25) is 11.8 Å². The third-order valence-corrected chi connectivity index (χ3v) is 5.08. The van der Waals surface area contributed by atoms with Crippen LogP contribution in [-0.2, 0) is 17.8 Å². The van der Waals surface area contributed by atoms with Crippen molar-refractivity contribution in [3.8, 4) is 5.75 Å². The summed E-state index contributed by atoms with van der Waals surface area (Å²) in [6.07, 6.45) is 0.498. The van der Waals surface area contributed by atoms with E-state index < -0.39 is 0 Å². The number of aromatic nitrogens is 3. The number of thioether (sulfide) groups is 1. The number of carbonyl (C=O) groups is 1. The summed E-state index contributed by atoms with van der Waals surface area (Å²) in [5.74, 6) is 1.33. The standard InChI is InChI=1S/C17H18N4O3S2/c1-11-19-13(9-25-11)7-16-20-21-17(24-16)26-10-15(22)18-8-12-5-3-4-6-14(12)23-2/h3-6,9H,7-8,10H2,1-2H3,(H,18,22). The van der Waals surface area contributed by atoms with E-state index in [-0.39, 0.29) is 11.7 Å². The number of hydrogen-bond donors (Lipinski definition) is 1. The predicted octanol–water partition coefficient (Wildman–Crippen LogP) is 2.84. The molecule has 0 bridgehead atoms. The number of hydrogen-bond acceptors (Lipinski definition) is 8. The summed E-state index contributed by atoms with van der Waals surface area (Å²) in [5.41, 5.74) is 1.83. The minimum atomic E-state index is -0.115.